The fourth-order valence-corrected chi connectivity index (χ4v) is 1.88. The van der Waals surface area contributed by atoms with Gasteiger partial charge in [0, 0.05) is 19.1 Å². The lowest BCUT2D eigenvalue weighted by Crippen LogP contribution is -2.36. The Bertz CT molecular complexity index is 385. The summed E-state index contributed by atoms with van der Waals surface area (Å²) in [6.07, 6.45) is 5.00. The van der Waals surface area contributed by atoms with E-state index in [1.807, 2.05) is 4.90 Å². The second-order valence-corrected chi connectivity index (χ2v) is 4.43. The molecule has 1 aliphatic carbocycles. The number of hydrogen-bond acceptors (Lipinski definition) is 4. The third-order valence-corrected chi connectivity index (χ3v) is 2.86. The van der Waals surface area contributed by atoms with Crippen LogP contribution >= 0.6 is 0 Å². The Morgan fingerprint density at radius 3 is 2.94 bits per heavy atom. The smallest absolute Gasteiger partial charge is 0.244 e. The number of aromatic nitrogens is 3. The maximum absolute atomic E-state index is 12.1. The number of rotatable bonds is 6. The first-order valence-corrected chi connectivity index (χ1v) is 6.13. The molecule has 1 fully saturated rings. The van der Waals surface area contributed by atoms with Gasteiger partial charge in [-0.15, -0.1) is 5.10 Å². The Morgan fingerprint density at radius 1 is 1.65 bits per heavy atom. The van der Waals surface area contributed by atoms with Crippen molar-refractivity contribution in [2.75, 3.05) is 6.54 Å². The SMILES string of the molecule is CCCN(C(=O)Cn1cc(CN)nn1)C1CC1. The number of carbonyl (C=O) groups excluding carboxylic acids is 1. The molecule has 2 rings (SSSR count). The minimum atomic E-state index is 0.128. The number of hydrogen-bond donors (Lipinski definition) is 1. The van der Waals surface area contributed by atoms with Crippen molar-refractivity contribution < 1.29 is 4.79 Å². The first-order chi connectivity index (χ1) is 8.24. The molecule has 1 aliphatic rings. The molecule has 1 heterocycles. The van der Waals surface area contributed by atoms with E-state index in [1.54, 1.807) is 10.9 Å². The van der Waals surface area contributed by atoms with E-state index in [1.165, 1.54) is 0 Å². The summed E-state index contributed by atoms with van der Waals surface area (Å²) in [6, 6.07) is 0.458. The number of nitrogens with zero attached hydrogens (tertiary/aromatic N) is 4. The van der Waals surface area contributed by atoms with Crippen LogP contribution in [-0.2, 0) is 17.9 Å². The van der Waals surface area contributed by atoms with Gasteiger partial charge in [0.25, 0.3) is 0 Å². The van der Waals surface area contributed by atoms with Crippen molar-refractivity contribution in [3.05, 3.63) is 11.9 Å². The molecular formula is C11H19N5O. The van der Waals surface area contributed by atoms with Gasteiger partial charge in [-0.1, -0.05) is 12.1 Å². The van der Waals surface area contributed by atoms with Gasteiger partial charge in [-0.2, -0.15) is 0 Å². The molecule has 0 aliphatic heterocycles. The molecule has 0 aromatic carbocycles. The zero-order chi connectivity index (χ0) is 12.3. The van der Waals surface area contributed by atoms with Crippen LogP contribution in [0.1, 0.15) is 31.9 Å². The van der Waals surface area contributed by atoms with Gasteiger partial charge in [0.15, 0.2) is 0 Å². The molecule has 0 bridgehead atoms. The van der Waals surface area contributed by atoms with E-state index in [0.717, 1.165) is 25.8 Å². The second kappa shape index (κ2) is 5.27. The van der Waals surface area contributed by atoms with Gasteiger partial charge < -0.3 is 10.6 Å². The van der Waals surface area contributed by atoms with Crippen LogP contribution in [0.5, 0.6) is 0 Å². The Morgan fingerprint density at radius 2 is 2.41 bits per heavy atom. The average molecular weight is 237 g/mol. The van der Waals surface area contributed by atoms with E-state index in [9.17, 15) is 4.79 Å². The lowest BCUT2D eigenvalue weighted by atomic mass is 10.3. The van der Waals surface area contributed by atoms with Gasteiger partial charge in [0.05, 0.1) is 11.9 Å². The summed E-state index contributed by atoms with van der Waals surface area (Å²) in [5.41, 5.74) is 6.16. The average Bonchev–Trinajstić information content (AvgIpc) is 3.06. The van der Waals surface area contributed by atoms with E-state index in [4.69, 9.17) is 5.73 Å². The lowest BCUT2D eigenvalue weighted by molar-refractivity contribution is -0.132. The van der Waals surface area contributed by atoms with E-state index in [2.05, 4.69) is 17.2 Å². The summed E-state index contributed by atoms with van der Waals surface area (Å²) in [5.74, 6) is 0.128. The molecule has 0 saturated heterocycles. The molecule has 6 nitrogen and oxygen atoms in total. The first kappa shape index (κ1) is 12.0. The number of carbonyl (C=O) groups is 1. The largest absolute Gasteiger partial charge is 0.338 e. The van der Waals surface area contributed by atoms with E-state index < -0.39 is 0 Å². The maximum Gasteiger partial charge on any atom is 0.244 e. The van der Waals surface area contributed by atoms with Crippen LogP contribution in [0.3, 0.4) is 0 Å². The number of nitrogens with two attached hydrogens (primary N) is 1. The molecule has 0 spiro atoms. The molecule has 0 atom stereocenters. The third kappa shape index (κ3) is 3.03. The van der Waals surface area contributed by atoms with Crippen molar-refractivity contribution in [3.8, 4) is 0 Å². The topological polar surface area (TPSA) is 77.0 Å². The van der Waals surface area contributed by atoms with Crippen molar-refractivity contribution in [3.63, 3.8) is 0 Å². The van der Waals surface area contributed by atoms with E-state index in [-0.39, 0.29) is 12.5 Å². The molecule has 6 heteroatoms. The van der Waals surface area contributed by atoms with Crippen molar-refractivity contribution in [2.24, 2.45) is 5.73 Å². The normalized spacial score (nSPS) is 14.9. The van der Waals surface area contributed by atoms with Crippen molar-refractivity contribution in [1.82, 2.24) is 19.9 Å². The van der Waals surface area contributed by atoms with Crippen LogP contribution in [0, 0.1) is 0 Å². The standard InChI is InChI=1S/C11H19N5O/c1-2-5-16(10-3-4-10)11(17)8-15-7-9(6-12)13-14-15/h7,10H,2-6,8,12H2,1H3. The van der Waals surface area contributed by atoms with Gasteiger partial charge >= 0.3 is 0 Å². The minimum absolute atomic E-state index is 0.128. The summed E-state index contributed by atoms with van der Waals surface area (Å²) in [4.78, 5) is 14.0. The highest BCUT2D eigenvalue weighted by Crippen LogP contribution is 2.27. The Balaban J connectivity index is 1.94. The summed E-state index contributed by atoms with van der Waals surface area (Å²) in [5, 5.41) is 7.76. The molecule has 17 heavy (non-hydrogen) atoms. The van der Waals surface area contributed by atoms with E-state index in [0.29, 0.717) is 18.3 Å². The maximum atomic E-state index is 12.1. The van der Waals surface area contributed by atoms with Crippen LogP contribution in [0.25, 0.3) is 0 Å². The Kier molecular flexibility index (Phi) is 3.73. The fourth-order valence-electron chi connectivity index (χ4n) is 1.88. The van der Waals surface area contributed by atoms with Gasteiger partial charge in [-0.05, 0) is 19.3 Å². The molecule has 1 aromatic rings. The highest BCUT2D eigenvalue weighted by molar-refractivity contribution is 5.76. The molecule has 94 valence electrons. The predicted molar refractivity (Wildman–Crippen MR) is 62.9 cm³/mol. The monoisotopic (exact) mass is 237 g/mol. The zero-order valence-corrected chi connectivity index (χ0v) is 10.2. The summed E-state index contributed by atoms with van der Waals surface area (Å²) >= 11 is 0. The molecule has 0 unspecified atom stereocenters. The highest BCUT2D eigenvalue weighted by atomic mass is 16.2. The molecule has 1 aromatic heterocycles. The molecule has 0 radical (unpaired) electrons. The third-order valence-electron chi connectivity index (χ3n) is 2.86. The van der Waals surface area contributed by atoms with Gasteiger partial charge in [0.2, 0.25) is 5.91 Å². The molecular weight excluding hydrogens is 218 g/mol. The van der Waals surface area contributed by atoms with Gasteiger partial charge in [-0.3, -0.25) is 4.79 Å². The summed E-state index contributed by atoms with van der Waals surface area (Å²) in [7, 11) is 0. The molecule has 2 N–H and O–H groups in total. The fraction of sp³-hybridized carbons (Fsp3) is 0.727. The number of amides is 1. The second-order valence-electron chi connectivity index (χ2n) is 4.43. The quantitative estimate of drug-likeness (QED) is 0.763. The minimum Gasteiger partial charge on any atom is -0.338 e. The summed E-state index contributed by atoms with van der Waals surface area (Å²) < 4.78 is 1.57. The van der Waals surface area contributed by atoms with Crippen LogP contribution < -0.4 is 5.73 Å². The van der Waals surface area contributed by atoms with Crippen LogP contribution in [0.4, 0.5) is 0 Å². The highest BCUT2D eigenvalue weighted by Gasteiger charge is 2.31. The van der Waals surface area contributed by atoms with E-state index >= 15 is 0 Å². The van der Waals surface area contributed by atoms with Crippen LogP contribution in [0.2, 0.25) is 0 Å². The predicted octanol–water partition coefficient (Wildman–Crippen LogP) is 0.138. The lowest BCUT2D eigenvalue weighted by Gasteiger charge is -2.21. The zero-order valence-electron chi connectivity index (χ0n) is 10.2. The Hall–Kier alpha value is -1.43. The van der Waals surface area contributed by atoms with Crippen molar-refractivity contribution in [2.45, 2.75) is 45.3 Å². The van der Waals surface area contributed by atoms with Crippen LogP contribution in [-0.4, -0.2) is 38.4 Å². The summed E-state index contributed by atoms with van der Waals surface area (Å²) in [6.45, 7) is 3.55. The molecule has 1 amide bonds. The van der Waals surface area contributed by atoms with Gasteiger partial charge in [0.1, 0.15) is 6.54 Å². The Labute approximate surface area is 101 Å². The molecule has 1 saturated carbocycles. The first-order valence-electron chi connectivity index (χ1n) is 6.13. The van der Waals surface area contributed by atoms with Crippen molar-refractivity contribution >= 4 is 5.91 Å². The van der Waals surface area contributed by atoms with Crippen LogP contribution in [0.15, 0.2) is 6.20 Å². The van der Waals surface area contributed by atoms with Gasteiger partial charge in [-0.25, -0.2) is 4.68 Å². The van der Waals surface area contributed by atoms with Crippen molar-refractivity contribution in [1.29, 1.82) is 0 Å².